The smallest absolute Gasteiger partial charge is 0.416 e. The fraction of sp³-hybridized carbons (Fsp3) is 0. The van der Waals surface area contributed by atoms with Crippen LogP contribution in [-0.4, -0.2) is 20.8 Å². The van der Waals surface area contributed by atoms with E-state index < -0.39 is 6.09 Å². The van der Waals surface area contributed by atoms with Crippen LogP contribution in [0.25, 0.3) is 11.4 Å². The van der Waals surface area contributed by atoms with Crippen molar-refractivity contribution in [2.24, 2.45) is 0 Å². The number of hydrogen-bond donors (Lipinski definition) is 2. The molecular formula is C10H9N3O2. The molecule has 0 fully saturated rings. The maximum absolute atomic E-state index is 10.8. The Balaban J connectivity index is 2.54. The maximum atomic E-state index is 10.8. The summed E-state index contributed by atoms with van der Waals surface area (Å²) in [4.78, 5) is 14.9. The van der Waals surface area contributed by atoms with Crippen LogP contribution in [0, 0.1) is 0 Å². The lowest BCUT2D eigenvalue weighted by atomic mass is 10.2. The SMILES string of the molecule is Nc1cccc(-c2cccn2C(=O)O)n1. The Morgan fingerprint density at radius 2 is 2.13 bits per heavy atom. The first-order chi connectivity index (χ1) is 7.18. The molecule has 5 nitrogen and oxygen atoms in total. The molecule has 0 aliphatic rings. The monoisotopic (exact) mass is 203 g/mol. The number of rotatable bonds is 1. The molecule has 0 bridgehead atoms. The molecule has 0 saturated carbocycles. The summed E-state index contributed by atoms with van der Waals surface area (Å²) in [7, 11) is 0. The van der Waals surface area contributed by atoms with Crippen molar-refractivity contribution >= 4 is 11.9 Å². The number of aromatic nitrogens is 2. The highest BCUT2D eigenvalue weighted by Gasteiger charge is 2.09. The van der Waals surface area contributed by atoms with E-state index in [1.165, 1.54) is 6.20 Å². The van der Waals surface area contributed by atoms with Gasteiger partial charge in [-0.3, -0.25) is 4.57 Å². The normalized spacial score (nSPS) is 10.1. The minimum absolute atomic E-state index is 0.366. The Morgan fingerprint density at radius 3 is 2.80 bits per heavy atom. The number of nitrogens with zero attached hydrogens (tertiary/aromatic N) is 2. The van der Waals surface area contributed by atoms with Gasteiger partial charge in [-0.2, -0.15) is 0 Å². The molecule has 0 spiro atoms. The number of nitrogen functional groups attached to an aromatic ring is 1. The topological polar surface area (TPSA) is 81.1 Å². The van der Waals surface area contributed by atoms with Crippen molar-refractivity contribution in [1.29, 1.82) is 0 Å². The van der Waals surface area contributed by atoms with Gasteiger partial charge in [0.1, 0.15) is 5.82 Å². The molecule has 2 heterocycles. The van der Waals surface area contributed by atoms with E-state index in [-0.39, 0.29) is 0 Å². The van der Waals surface area contributed by atoms with E-state index in [4.69, 9.17) is 10.8 Å². The van der Waals surface area contributed by atoms with Crippen molar-refractivity contribution in [3.63, 3.8) is 0 Å². The molecular weight excluding hydrogens is 194 g/mol. The van der Waals surface area contributed by atoms with Gasteiger partial charge in [-0.25, -0.2) is 9.78 Å². The third-order valence-corrected chi connectivity index (χ3v) is 1.99. The molecule has 2 aromatic rings. The molecule has 2 aromatic heterocycles. The zero-order chi connectivity index (χ0) is 10.8. The Morgan fingerprint density at radius 1 is 1.33 bits per heavy atom. The molecule has 3 N–H and O–H groups in total. The third kappa shape index (κ3) is 1.67. The predicted molar refractivity (Wildman–Crippen MR) is 55.5 cm³/mol. The molecule has 0 aromatic carbocycles. The quantitative estimate of drug-likeness (QED) is 0.738. The Hall–Kier alpha value is -2.30. The van der Waals surface area contributed by atoms with Crippen LogP contribution >= 0.6 is 0 Å². The number of hydrogen-bond acceptors (Lipinski definition) is 3. The van der Waals surface area contributed by atoms with E-state index in [9.17, 15) is 4.79 Å². The Kier molecular flexibility index (Phi) is 2.13. The third-order valence-electron chi connectivity index (χ3n) is 1.99. The van der Waals surface area contributed by atoms with Gasteiger partial charge < -0.3 is 10.8 Å². The van der Waals surface area contributed by atoms with Gasteiger partial charge in [-0.1, -0.05) is 6.07 Å². The van der Waals surface area contributed by atoms with Gasteiger partial charge in [0.15, 0.2) is 0 Å². The molecule has 0 saturated heterocycles. The average molecular weight is 203 g/mol. The number of anilines is 1. The standard InChI is InChI=1S/C10H9N3O2/c11-9-5-1-3-7(12-9)8-4-2-6-13(8)10(14)15/h1-6H,(H2,11,12)(H,14,15). The molecule has 15 heavy (non-hydrogen) atoms. The first-order valence-corrected chi connectivity index (χ1v) is 4.32. The van der Waals surface area contributed by atoms with Crippen molar-refractivity contribution in [2.75, 3.05) is 5.73 Å². The summed E-state index contributed by atoms with van der Waals surface area (Å²) in [6.07, 6.45) is 0.418. The number of nitrogens with two attached hydrogens (primary N) is 1. The van der Waals surface area contributed by atoms with Gasteiger partial charge in [0.2, 0.25) is 0 Å². The van der Waals surface area contributed by atoms with Crippen LogP contribution in [0.1, 0.15) is 0 Å². The summed E-state index contributed by atoms with van der Waals surface area (Å²) in [5.41, 5.74) is 6.58. The van der Waals surface area contributed by atoms with E-state index in [2.05, 4.69) is 4.98 Å². The maximum Gasteiger partial charge on any atom is 0.416 e. The lowest BCUT2D eigenvalue weighted by Gasteiger charge is -2.03. The zero-order valence-electron chi connectivity index (χ0n) is 7.79. The second-order valence-electron chi connectivity index (χ2n) is 2.99. The molecule has 0 aliphatic heterocycles. The van der Waals surface area contributed by atoms with Crippen LogP contribution in [0.5, 0.6) is 0 Å². The van der Waals surface area contributed by atoms with Gasteiger partial charge in [0.25, 0.3) is 0 Å². The largest absolute Gasteiger partial charge is 0.464 e. The highest BCUT2D eigenvalue weighted by Crippen LogP contribution is 2.18. The van der Waals surface area contributed by atoms with Crippen molar-refractivity contribution in [2.45, 2.75) is 0 Å². The number of carbonyl (C=O) groups is 1. The first kappa shape index (κ1) is 9.26. The van der Waals surface area contributed by atoms with Gasteiger partial charge >= 0.3 is 6.09 Å². The Bertz CT molecular complexity index is 505. The lowest BCUT2D eigenvalue weighted by Crippen LogP contribution is -2.08. The summed E-state index contributed by atoms with van der Waals surface area (Å²) in [6.45, 7) is 0. The molecule has 0 aliphatic carbocycles. The minimum atomic E-state index is -1.04. The van der Waals surface area contributed by atoms with Crippen LogP contribution in [0.3, 0.4) is 0 Å². The highest BCUT2D eigenvalue weighted by atomic mass is 16.4. The second kappa shape index (κ2) is 3.45. The van der Waals surface area contributed by atoms with Crippen LogP contribution in [-0.2, 0) is 0 Å². The van der Waals surface area contributed by atoms with Gasteiger partial charge in [0.05, 0.1) is 11.4 Å². The van der Waals surface area contributed by atoms with Crippen LogP contribution in [0.4, 0.5) is 10.6 Å². The van der Waals surface area contributed by atoms with E-state index in [1.54, 1.807) is 30.3 Å². The first-order valence-electron chi connectivity index (χ1n) is 4.32. The molecule has 0 radical (unpaired) electrons. The summed E-state index contributed by atoms with van der Waals surface area (Å²) in [5.74, 6) is 0.366. The summed E-state index contributed by atoms with van der Waals surface area (Å²) in [5, 5.41) is 8.89. The van der Waals surface area contributed by atoms with Crippen LogP contribution in [0.2, 0.25) is 0 Å². The van der Waals surface area contributed by atoms with Gasteiger partial charge in [0, 0.05) is 6.20 Å². The molecule has 76 valence electrons. The second-order valence-corrected chi connectivity index (χ2v) is 2.99. The van der Waals surface area contributed by atoms with Crippen LogP contribution < -0.4 is 5.73 Å². The fourth-order valence-electron chi connectivity index (χ4n) is 1.35. The summed E-state index contributed by atoms with van der Waals surface area (Å²) in [6, 6.07) is 8.42. The minimum Gasteiger partial charge on any atom is -0.464 e. The van der Waals surface area contributed by atoms with Crippen molar-refractivity contribution in [3.8, 4) is 11.4 Å². The van der Waals surface area contributed by atoms with E-state index in [1.807, 2.05) is 0 Å². The van der Waals surface area contributed by atoms with E-state index in [0.717, 1.165) is 4.57 Å². The van der Waals surface area contributed by atoms with Crippen molar-refractivity contribution < 1.29 is 9.90 Å². The molecule has 0 amide bonds. The van der Waals surface area contributed by atoms with E-state index >= 15 is 0 Å². The Labute approximate surface area is 85.8 Å². The number of pyridine rings is 1. The molecule has 2 rings (SSSR count). The van der Waals surface area contributed by atoms with Crippen molar-refractivity contribution in [3.05, 3.63) is 36.5 Å². The average Bonchev–Trinajstić information content (AvgIpc) is 2.65. The highest BCUT2D eigenvalue weighted by molar-refractivity contribution is 5.76. The molecule has 0 atom stereocenters. The summed E-state index contributed by atoms with van der Waals surface area (Å²) >= 11 is 0. The van der Waals surface area contributed by atoms with Gasteiger partial charge in [-0.05, 0) is 24.3 Å². The van der Waals surface area contributed by atoms with E-state index in [0.29, 0.717) is 17.2 Å². The number of carboxylic acid groups (broad SMARTS) is 1. The fourth-order valence-corrected chi connectivity index (χ4v) is 1.35. The predicted octanol–water partition coefficient (Wildman–Crippen LogP) is 1.66. The lowest BCUT2D eigenvalue weighted by molar-refractivity contribution is 0.197. The summed E-state index contributed by atoms with van der Waals surface area (Å²) < 4.78 is 1.10. The van der Waals surface area contributed by atoms with Crippen molar-refractivity contribution in [1.82, 2.24) is 9.55 Å². The molecule has 5 heteroatoms. The van der Waals surface area contributed by atoms with Crippen LogP contribution in [0.15, 0.2) is 36.5 Å². The zero-order valence-corrected chi connectivity index (χ0v) is 7.79. The van der Waals surface area contributed by atoms with Gasteiger partial charge in [-0.15, -0.1) is 0 Å². The molecule has 0 unspecified atom stereocenters.